The molecule has 3 atom stereocenters. The molecule has 394 valence electrons. The molecule has 17 nitrogen and oxygen atoms in total. The number of oxime groups is 1. The zero-order valence-corrected chi connectivity index (χ0v) is 45.6. The lowest BCUT2D eigenvalue weighted by Crippen LogP contribution is -2.71. The number of esters is 2. The first-order valence-electron chi connectivity index (χ1n) is 23.6. The van der Waals surface area contributed by atoms with E-state index in [-0.39, 0.29) is 38.6 Å². The summed E-state index contributed by atoms with van der Waals surface area (Å²) < 4.78 is 19.4. The summed E-state index contributed by atoms with van der Waals surface area (Å²) in [5, 5.41) is 21.8. The van der Waals surface area contributed by atoms with Crippen molar-refractivity contribution in [3.63, 3.8) is 0 Å². The van der Waals surface area contributed by atoms with E-state index >= 15 is 0 Å². The van der Waals surface area contributed by atoms with Gasteiger partial charge in [-0.2, -0.15) is 0 Å². The maximum Gasteiger partial charge on any atom is 0.361 e. The third kappa shape index (κ3) is 12.2. The molecule has 0 aliphatic carbocycles. The van der Waals surface area contributed by atoms with Gasteiger partial charge in [-0.15, -0.1) is 34.9 Å². The standard InChI is InChI=1S/C55H48N6O11S5/c1-54(2,3)71-50(68)51(76-38-23-15-8-16-24-38)72-59-41(39-31-75-53(56-39)58-55(33-17-9-5-10-18-33,34-19-11-6-12-20-34)35-21-13-7-14-22-35)45(63)57-42-46(64)61-43(49(67)70-37-27-25-36(69-4)26-28-37)32(29-73-47(42)61)30-74-52-40(48(65)66)44(62)60-77-52/h5-28,31,42,47,51H,29-30H2,1-4H3,(H,56,58)(H,57,63)(H,60,62)(H,65,66)/b59-41-/t42-,47+,51-/m1/s1. The number of carboxylic acids is 1. The molecule has 77 heavy (non-hydrogen) atoms. The predicted octanol–water partition coefficient (Wildman–Crippen LogP) is 9.24. The second-order valence-corrected chi connectivity index (χ2v) is 23.2. The van der Waals surface area contributed by atoms with Gasteiger partial charge in [-0.3, -0.25) is 23.7 Å². The Kier molecular flexibility index (Phi) is 16.7. The highest BCUT2D eigenvalue weighted by atomic mass is 32.2. The molecule has 22 heteroatoms. The second kappa shape index (κ2) is 23.7. The molecule has 2 aliphatic heterocycles. The predicted molar refractivity (Wildman–Crippen MR) is 298 cm³/mol. The number of anilines is 1. The topological polar surface area (TPSA) is 228 Å². The highest BCUT2D eigenvalue weighted by Gasteiger charge is 2.55. The molecule has 5 aromatic carbocycles. The molecule has 2 aliphatic rings. The number of aromatic carboxylic acids is 1. The van der Waals surface area contributed by atoms with Crippen LogP contribution in [0.2, 0.25) is 0 Å². The van der Waals surface area contributed by atoms with Crippen LogP contribution in [0.15, 0.2) is 181 Å². The van der Waals surface area contributed by atoms with E-state index in [1.165, 1.54) is 47.2 Å². The lowest BCUT2D eigenvalue weighted by Gasteiger charge is -2.49. The number of amides is 2. The Labute approximate surface area is 462 Å². The number of hydrogen-bond donors (Lipinski definition) is 4. The number of benzene rings is 5. The molecule has 2 amide bonds. The van der Waals surface area contributed by atoms with E-state index in [9.17, 15) is 33.9 Å². The van der Waals surface area contributed by atoms with E-state index in [1.807, 2.05) is 97.1 Å². The van der Waals surface area contributed by atoms with Crippen molar-refractivity contribution < 1.29 is 48.1 Å². The van der Waals surface area contributed by atoms with Crippen LogP contribution in [0.25, 0.3) is 0 Å². The molecule has 7 aromatic rings. The fraction of sp³-hybridized carbons (Fsp3) is 0.200. The van der Waals surface area contributed by atoms with Crippen LogP contribution in [-0.2, 0) is 34.3 Å². The largest absolute Gasteiger partial charge is 0.497 e. The molecule has 0 saturated carbocycles. The van der Waals surface area contributed by atoms with Crippen LogP contribution in [0.3, 0.4) is 0 Å². The monoisotopic (exact) mass is 1130 g/mol. The highest BCUT2D eigenvalue weighted by Crippen LogP contribution is 2.44. The molecule has 0 radical (unpaired) electrons. The first-order valence-corrected chi connectivity index (χ1v) is 28.2. The van der Waals surface area contributed by atoms with Crippen molar-refractivity contribution in [3.05, 3.63) is 201 Å². The molecule has 1 fully saturated rings. The third-order valence-electron chi connectivity index (χ3n) is 11.8. The molecular weight excluding hydrogens is 1080 g/mol. The Morgan fingerprint density at radius 1 is 0.844 bits per heavy atom. The number of aromatic amines is 1. The van der Waals surface area contributed by atoms with Crippen molar-refractivity contribution in [2.75, 3.05) is 23.9 Å². The summed E-state index contributed by atoms with van der Waals surface area (Å²) in [4.78, 5) is 94.7. The number of nitrogens with zero attached hydrogens (tertiary/aromatic N) is 3. The molecule has 9 rings (SSSR count). The summed E-state index contributed by atoms with van der Waals surface area (Å²) in [6, 6.07) is 43.6. The van der Waals surface area contributed by atoms with Crippen LogP contribution in [0, 0.1) is 0 Å². The van der Waals surface area contributed by atoms with Crippen LogP contribution in [0.5, 0.6) is 11.5 Å². The van der Waals surface area contributed by atoms with Gasteiger partial charge >= 0.3 is 17.9 Å². The van der Waals surface area contributed by atoms with Gasteiger partial charge in [0, 0.05) is 21.8 Å². The SMILES string of the molecule is COc1ccc(OC(=O)C2=C(CSc3s[nH]c(=O)c3C(=O)O)CS[C@H]3[C@H](NC(=O)/C(=N\O[C@H](Sc4ccccc4)C(=O)OC(C)(C)C)c4csc(NC(c5ccccc5)(c5ccccc5)c5ccccc5)n4)C(=O)N23)cc1. The molecular formula is C55H48N6O11S5. The van der Waals surface area contributed by atoms with Gasteiger partial charge in [0.15, 0.2) is 16.4 Å². The third-order valence-corrected chi connectivity index (χ3v) is 17.1. The van der Waals surface area contributed by atoms with Gasteiger partial charge in [-0.25, -0.2) is 19.4 Å². The number of β-lactam (4-membered cyclic amide) rings is 1. The first-order chi connectivity index (χ1) is 37.1. The zero-order chi connectivity index (χ0) is 54.3. The van der Waals surface area contributed by atoms with Crippen LogP contribution in [-0.4, -0.2) is 95.9 Å². The number of aromatic nitrogens is 2. The van der Waals surface area contributed by atoms with E-state index in [0.717, 1.165) is 51.7 Å². The fourth-order valence-electron chi connectivity index (χ4n) is 8.29. The number of hydrogen-bond acceptors (Lipinski definition) is 18. The molecule has 2 aromatic heterocycles. The number of carbonyl (C=O) groups excluding carboxylic acids is 4. The number of thiazole rings is 1. The van der Waals surface area contributed by atoms with Gasteiger partial charge in [0.25, 0.3) is 22.8 Å². The fourth-order valence-corrected chi connectivity index (χ4v) is 13.3. The maximum atomic E-state index is 14.9. The first kappa shape index (κ1) is 54.2. The van der Waals surface area contributed by atoms with Gasteiger partial charge in [0.05, 0.1) is 11.3 Å². The summed E-state index contributed by atoms with van der Waals surface area (Å²) >= 11 is 5.33. The Balaban J connectivity index is 1.06. The number of ether oxygens (including phenoxy) is 3. The lowest BCUT2D eigenvalue weighted by atomic mass is 9.77. The summed E-state index contributed by atoms with van der Waals surface area (Å²) in [6.45, 7) is 5.14. The van der Waals surface area contributed by atoms with Crippen molar-refractivity contribution in [2.45, 2.75) is 57.9 Å². The van der Waals surface area contributed by atoms with Crippen LogP contribution in [0.4, 0.5) is 5.13 Å². The Morgan fingerprint density at radius 3 is 2.00 bits per heavy atom. The second-order valence-electron chi connectivity index (χ2n) is 18.0. The Bertz CT molecular complexity index is 3310. The van der Waals surface area contributed by atoms with E-state index in [1.54, 1.807) is 62.5 Å². The Morgan fingerprint density at radius 2 is 1.43 bits per heavy atom. The molecule has 0 bridgehead atoms. The van der Waals surface area contributed by atoms with Gasteiger partial charge in [-0.05, 0) is 79.4 Å². The quantitative estimate of drug-likeness (QED) is 0.00815. The minimum absolute atomic E-state index is 0.00982. The summed E-state index contributed by atoms with van der Waals surface area (Å²) in [7, 11) is 1.49. The molecule has 0 spiro atoms. The lowest BCUT2D eigenvalue weighted by molar-refractivity contribution is -0.162. The summed E-state index contributed by atoms with van der Waals surface area (Å²) in [5.41, 5.74) is -1.84. The van der Waals surface area contributed by atoms with Gasteiger partial charge < -0.3 is 34.8 Å². The summed E-state index contributed by atoms with van der Waals surface area (Å²) in [5.74, 6) is -3.78. The molecule has 4 heterocycles. The zero-order valence-electron chi connectivity index (χ0n) is 41.5. The van der Waals surface area contributed by atoms with Gasteiger partial charge in [-0.1, -0.05) is 138 Å². The maximum absolute atomic E-state index is 14.9. The van der Waals surface area contributed by atoms with E-state index in [4.69, 9.17) is 24.0 Å². The van der Waals surface area contributed by atoms with E-state index in [0.29, 0.717) is 21.3 Å². The van der Waals surface area contributed by atoms with Crippen molar-refractivity contribution >= 4 is 98.7 Å². The van der Waals surface area contributed by atoms with Gasteiger partial charge in [0.2, 0.25) is 0 Å². The van der Waals surface area contributed by atoms with Crippen molar-refractivity contribution in [1.82, 2.24) is 19.6 Å². The number of methoxy groups -OCH3 is 1. The van der Waals surface area contributed by atoms with Gasteiger partial charge in [0.1, 0.15) is 45.4 Å². The smallest absolute Gasteiger partial charge is 0.361 e. The Hall–Kier alpha value is -7.63. The average molecular weight is 1130 g/mol. The number of carbonyl (C=O) groups is 5. The highest BCUT2D eigenvalue weighted by molar-refractivity contribution is 8.02. The number of fused-ring (bicyclic) bond motifs is 1. The number of nitrogens with one attached hydrogen (secondary N) is 3. The van der Waals surface area contributed by atoms with Crippen LogP contribution < -0.4 is 25.7 Å². The van der Waals surface area contributed by atoms with E-state index < -0.39 is 68.8 Å². The van der Waals surface area contributed by atoms with Crippen molar-refractivity contribution in [1.29, 1.82) is 0 Å². The summed E-state index contributed by atoms with van der Waals surface area (Å²) in [6.07, 6.45) is 0. The number of rotatable bonds is 20. The van der Waals surface area contributed by atoms with E-state index in [2.05, 4.69) is 20.2 Å². The number of carboxylic acid groups (broad SMARTS) is 1. The van der Waals surface area contributed by atoms with Crippen molar-refractivity contribution in [3.8, 4) is 11.5 Å². The number of H-pyrrole nitrogens is 1. The van der Waals surface area contributed by atoms with Crippen LogP contribution in [0.1, 0.15) is 53.5 Å². The molecule has 0 unspecified atom stereocenters. The number of thioether (sulfide) groups is 3. The molecule has 1 saturated heterocycles. The minimum Gasteiger partial charge on any atom is -0.497 e. The average Bonchev–Trinajstić information content (AvgIpc) is 4.07. The van der Waals surface area contributed by atoms with Crippen molar-refractivity contribution in [2.24, 2.45) is 5.16 Å². The van der Waals surface area contributed by atoms with Crippen LogP contribution >= 0.6 is 58.2 Å². The normalized spacial score (nSPS) is 15.9. The molecule has 4 N–H and O–H groups in total. The minimum atomic E-state index is -1.41.